The van der Waals surface area contributed by atoms with Crippen molar-refractivity contribution in [2.45, 2.75) is 45.1 Å². The maximum atomic E-state index is 12.2. The van der Waals surface area contributed by atoms with Gasteiger partial charge in [-0.25, -0.2) is 0 Å². The Kier molecular flexibility index (Phi) is 5.18. The number of benzene rings is 1. The quantitative estimate of drug-likeness (QED) is 0.856. The van der Waals surface area contributed by atoms with Crippen LogP contribution in [-0.2, 0) is 16.0 Å². The van der Waals surface area contributed by atoms with Crippen LogP contribution < -0.4 is 5.32 Å². The Labute approximate surface area is 142 Å². The van der Waals surface area contributed by atoms with E-state index in [1.807, 2.05) is 24.4 Å². The predicted octanol–water partition coefficient (Wildman–Crippen LogP) is 2.62. The Morgan fingerprint density at radius 2 is 2.00 bits per heavy atom. The standard InChI is InChI=1S/C19H25N3O2/c1-14(23)22(13-19(24)21-16-6-2-3-7-16)11-10-15-12-20-18-9-5-4-8-17(15)18/h4-5,8-9,12,16,20H,2-3,6-7,10-11,13H2,1H3,(H,21,24). The second kappa shape index (κ2) is 7.51. The predicted molar refractivity (Wildman–Crippen MR) is 94.7 cm³/mol. The first kappa shape index (κ1) is 16.6. The maximum absolute atomic E-state index is 12.2. The molecular weight excluding hydrogens is 302 g/mol. The zero-order chi connectivity index (χ0) is 16.9. The van der Waals surface area contributed by atoms with Crippen LogP contribution in [0.4, 0.5) is 0 Å². The zero-order valence-electron chi connectivity index (χ0n) is 14.2. The lowest BCUT2D eigenvalue weighted by molar-refractivity contribution is -0.134. The van der Waals surface area contributed by atoms with Crippen LogP contribution in [0.15, 0.2) is 30.5 Å². The third kappa shape index (κ3) is 3.96. The number of rotatable bonds is 6. The van der Waals surface area contributed by atoms with Crippen molar-refractivity contribution in [1.29, 1.82) is 0 Å². The van der Waals surface area contributed by atoms with Crippen molar-refractivity contribution < 1.29 is 9.59 Å². The van der Waals surface area contributed by atoms with Gasteiger partial charge < -0.3 is 15.2 Å². The molecule has 1 fully saturated rings. The molecule has 3 rings (SSSR count). The van der Waals surface area contributed by atoms with Crippen molar-refractivity contribution >= 4 is 22.7 Å². The van der Waals surface area contributed by atoms with Crippen LogP contribution in [-0.4, -0.2) is 40.8 Å². The number of para-hydroxylation sites is 1. The van der Waals surface area contributed by atoms with Gasteiger partial charge in [0.2, 0.25) is 11.8 Å². The van der Waals surface area contributed by atoms with E-state index in [9.17, 15) is 9.59 Å². The second-order valence-electron chi connectivity index (χ2n) is 6.60. The van der Waals surface area contributed by atoms with Gasteiger partial charge in [-0.1, -0.05) is 31.0 Å². The molecular formula is C19H25N3O2. The molecule has 2 N–H and O–H groups in total. The number of nitrogens with zero attached hydrogens (tertiary/aromatic N) is 1. The van der Waals surface area contributed by atoms with Gasteiger partial charge in [-0.3, -0.25) is 9.59 Å². The molecule has 2 amide bonds. The fourth-order valence-electron chi connectivity index (χ4n) is 3.46. The molecule has 128 valence electrons. The summed E-state index contributed by atoms with van der Waals surface area (Å²) in [7, 11) is 0. The summed E-state index contributed by atoms with van der Waals surface area (Å²) in [6.07, 6.45) is 7.20. The number of hydrogen-bond acceptors (Lipinski definition) is 2. The first-order valence-corrected chi connectivity index (χ1v) is 8.73. The minimum atomic E-state index is -0.0589. The van der Waals surface area contributed by atoms with Crippen LogP contribution in [0.1, 0.15) is 38.2 Å². The van der Waals surface area contributed by atoms with E-state index in [0.29, 0.717) is 12.6 Å². The number of H-pyrrole nitrogens is 1. The van der Waals surface area contributed by atoms with Gasteiger partial charge in [0.25, 0.3) is 0 Å². The first-order chi connectivity index (χ1) is 11.6. The van der Waals surface area contributed by atoms with E-state index < -0.39 is 0 Å². The summed E-state index contributed by atoms with van der Waals surface area (Å²) in [6.45, 7) is 2.22. The highest BCUT2D eigenvalue weighted by Gasteiger charge is 2.20. The van der Waals surface area contributed by atoms with Gasteiger partial charge in [-0.15, -0.1) is 0 Å². The zero-order valence-corrected chi connectivity index (χ0v) is 14.2. The number of fused-ring (bicyclic) bond motifs is 1. The fourth-order valence-corrected chi connectivity index (χ4v) is 3.46. The highest BCUT2D eigenvalue weighted by molar-refractivity contribution is 5.85. The Balaban J connectivity index is 1.57. The van der Waals surface area contributed by atoms with E-state index in [-0.39, 0.29) is 18.4 Å². The lowest BCUT2D eigenvalue weighted by Gasteiger charge is -2.21. The minimum Gasteiger partial charge on any atom is -0.361 e. The number of aromatic nitrogens is 1. The number of nitrogens with one attached hydrogen (secondary N) is 2. The summed E-state index contributed by atoms with van der Waals surface area (Å²) < 4.78 is 0. The summed E-state index contributed by atoms with van der Waals surface area (Å²) >= 11 is 0. The highest BCUT2D eigenvalue weighted by atomic mass is 16.2. The number of aromatic amines is 1. The number of carbonyl (C=O) groups excluding carboxylic acids is 2. The molecule has 1 aromatic carbocycles. The summed E-state index contributed by atoms with van der Waals surface area (Å²) in [5.41, 5.74) is 2.27. The van der Waals surface area contributed by atoms with E-state index in [1.165, 1.54) is 30.7 Å². The molecule has 1 saturated carbocycles. The van der Waals surface area contributed by atoms with Crippen LogP contribution in [0.25, 0.3) is 10.9 Å². The van der Waals surface area contributed by atoms with E-state index in [2.05, 4.69) is 16.4 Å². The van der Waals surface area contributed by atoms with E-state index in [4.69, 9.17) is 0 Å². The lowest BCUT2D eigenvalue weighted by Crippen LogP contribution is -2.43. The molecule has 0 aliphatic heterocycles. The van der Waals surface area contributed by atoms with Gasteiger partial charge >= 0.3 is 0 Å². The normalized spacial score (nSPS) is 14.9. The first-order valence-electron chi connectivity index (χ1n) is 8.73. The SMILES string of the molecule is CC(=O)N(CCc1c[nH]c2ccccc12)CC(=O)NC1CCCC1. The van der Waals surface area contributed by atoms with Crippen LogP contribution in [0, 0.1) is 0 Å². The molecule has 0 atom stereocenters. The summed E-state index contributed by atoms with van der Waals surface area (Å²) in [5.74, 6) is -0.104. The largest absolute Gasteiger partial charge is 0.361 e. The van der Waals surface area contributed by atoms with Crippen molar-refractivity contribution in [3.05, 3.63) is 36.0 Å². The van der Waals surface area contributed by atoms with Gasteiger partial charge in [-0.05, 0) is 30.9 Å². The molecule has 2 aromatic rings. The number of hydrogen-bond donors (Lipinski definition) is 2. The monoisotopic (exact) mass is 327 g/mol. The molecule has 1 heterocycles. The fraction of sp³-hybridized carbons (Fsp3) is 0.474. The molecule has 1 aliphatic carbocycles. The smallest absolute Gasteiger partial charge is 0.239 e. The molecule has 0 spiro atoms. The number of amides is 2. The highest BCUT2D eigenvalue weighted by Crippen LogP contribution is 2.19. The molecule has 5 nitrogen and oxygen atoms in total. The molecule has 5 heteroatoms. The van der Waals surface area contributed by atoms with E-state index in [1.54, 1.807) is 4.90 Å². The summed E-state index contributed by atoms with van der Waals surface area (Å²) in [5, 5.41) is 4.23. The Morgan fingerprint density at radius 3 is 2.75 bits per heavy atom. The van der Waals surface area contributed by atoms with Crippen LogP contribution >= 0.6 is 0 Å². The Bertz CT molecular complexity index is 716. The maximum Gasteiger partial charge on any atom is 0.239 e. The molecule has 1 aromatic heterocycles. The average molecular weight is 327 g/mol. The van der Waals surface area contributed by atoms with Gasteiger partial charge in [0.15, 0.2) is 0 Å². The van der Waals surface area contributed by atoms with Crippen molar-refractivity contribution in [2.24, 2.45) is 0 Å². The molecule has 0 radical (unpaired) electrons. The van der Waals surface area contributed by atoms with Gasteiger partial charge in [0.1, 0.15) is 0 Å². The van der Waals surface area contributed by atoms with Crippen molar-refractivity contribution in [3.8, 4) is 0 Å². The Hall–Kier alpha value is -2.30. The van der Waals surface area contributed by atoms with Gasteiger partial charge in [-0.2, -0.15) is 0 Å². The Morgan fingerprint density at radius 1 is 1.25 bits per heavy atom. The average Bonchev–Trinajstić information content (AvgIpc) is 3.21. The van der Waals surface area contributed by atoms with Gasteiger partial charge in [0, 0.05) is 36.6 Å². The van der Waals surface area contributed by atoms with Crippen LogP contribution in [0.5, 0.6) is 0 Å². The van der Waals surface area contributed by atoms with Crippen LogP contribution in [0.3, 0.4) is 0 Å². The summed E-state index contributed by atoms with van der Waals surface area (Å²) in [6, 6.07) is 8.41. The topological polar surface area (TPSA) is 65.2 Å². The minimum absolute atomic E-state index is 0.0453. The molecule has 24 heavy (non-hydrogen) atoms. The van der Waals surface area contributed by atoms with Crippen molar-refractivity contribution in [2.75, 3.05) is 13.1 Å². The molecule has 0 bridgehead atoms. The van der Waals surface area contributed by atoms with E-state index in [0.717, 1.165) is 24.8 Å². The third-order valence-corrected chi connectivity index (χ3v) is 4.83. The molecule has 0 saturated heterocycles. The molecule has 0 unspecified atom stereocenters. The second-order valence-corrected chi connectivity index (χ2v) is 6.60. The third-order valence-electron chi connectivity index (χ3n) is 4.83. The van der Waals surface area contributed by atoms with Gasteiger partial charge in [0.05, 0.1) is 6.54 Å². The van der Waals surface area contributed by atoms with Crippen molar-refractivity contribution in [3.63, 3.8) is 0 Å². The summed E-state index contributed by atoms with van der Waals surface area (Å²) in [4.78, 5) is 28.9. The van der Waals surface area contributed by atoms with Crippen molar-refractivity contribution in [1.82, 2.24) is 15.2 Å². The molecule has 1 aliphatic rings. The lowest BCUT2D eigenvalue weighted by atomic mass is 10.1. The van der Waals surface area contributed by atoms with Crippen LogP contribution in [0.2, 0.25) is 0 Å². The number of carbonyl (C=O) groups is 2. The van der Waals surface area contributed by atoms with E-state index >= 15 is 0 Å².